The number of carbonyl (C=O) groups is 1. The van der Waals surface area contributed by atoms with Crippen LogP contribution in [-0.4, -0.2) is 62.1 Å². The number of para-hydroxylation sites is 2. The maximum absolute atomic E-state index is 12.4. The number of hydrogen-bond acceptors (Lipinski definition) is 4. The van der Waals surface area contributed by atoms with Gasteiger partial charge in [-0.3, -0.25) is 9.69 Å². The summed E-state index contributed by atoms with van der Waals surface area (Å²) >= 11 is 0. The Kier molecular flexibility index (Phi) is 6.95. The van der Waals surface area contributed by atoms with Crippen LogP contribution >= 0.6 is 0 Å². The molecule has 1 aromatic carbocycles. The second-order valence-electron chi connectivity index (χ2n) is 7.02. The molecule has 0 saturated carbocycles. The number of allylic oxidation sites excluding steroid dienone is 1. The van der Waals surface area contributed by atoms with E-state index >= 15 is 0 Å². The first kappa shape index (κ1) is 18.8. The molecule has 0 N–H and O–H groups in total. The van der Waals surface area contributed by atoms with Gasteiger partial charge in [-0.25, -0.2) is 0 Å². The van der Waals surface area contributed by atoms with Crippen LogP contribution in [0.3, 0.4) is 0 Å². The molecule has 0 aromatic heterocycles. The highest BCUT2D eigenvalue weighted by molar-refractivity contribution is 5.78. The minimum absolute atomic E-state index is 0.0468. The first-order valence-electron chi connectivity index (χ1n) is 9.70. The van der Waals surface area contributed by atoms with E-state index in [0.717, 1.165) is 32.7 Å². The quantitative estimate of drug-likeness (QED) is 0.703. The van der Waals surface area contributed by atoms with Crippen molar-refractivity contribution in [2.45, 2.75) is 32.1 Å². The summed E-state index contributed by atoms with van der Waals surface area (Å²) < 4.78 is 10.9. The van der Waals surface area contributed by atoms with E-state index in [-0.39, 0.29) is 12.5 Å². The van der Waals surface area contributed by atoms with Crippen molar-refractivity contribution in [1.29, 1.82) is 0 Å². The van der Waals surface area contributed by atoms with E-state index < -0.39 is 0 Å². The molecule has 1 fully saturated rings. The Labute approximate surface area is 156 Å². The molecule has 0 radical (unpaired) electrons. The summed E-state index contributed by atoms with van der Waals surface area (Å²) in [6, 6.07) is 7.42. The second kappa shape index (κ2) is 9.62. The number of nitrogens with zero attached hydrogens (tertiary/aromatic N) is 2. The smallest absolute Gasteiger partial charge is 0.260 e. The first-order chi connectivity index (χ1) is 12.8. The van der Waals surface area contributed by atoms with E-state index in [0.29, 0.717) is 11.5 Å². The van der Waals surface area contributed by atoms with Crippen LogP contribution < -0.4 is 9.47 Å². The summed E-state index contributed by atoms with van der Waals surface area (Å²) in [7, 11) is 1.60. The van der Waals surface area contributed by atoms with E-state index in [1.807, 2.05) is 29.2 Å². The van der Waals surface area contributed by atoms with Crippen LogP contribution in [0.2, 0.25) is 0 Å². The molecule has 1 heterocycles. The lowest BCUT2D eigenvalue weighted by Crippen LogP contribution is -2.50. The van der Waals surface area contributed by atoms with E-state index in [9.17, 15) is 4.79 Å². The molecule has 2 aliphatic rings. The van der Waals surface area contributed by atoms with Gasteiger partial charge in [0.2, 0.25) is 0 Å². The van der Waals surface area contributed by atoms with Crippen molar-refractivity contribution in [3.63, 3.8) is 0 Å². The first-order valence-corrected chi connectivity index (χ1v) is 9.70. The highest BCUT2D eigenvalue weighted by Gasteiger charge is 2.21. The highest BCUT2D eigenvalue weighted by Crippen LogP contribution is 2.25. The number of methoxy groups -OCH3 is 1. The summed E-state index contributed by atoms with van der Waals surface area (Å²) in [4.78, 5) is 16.8. The van der Waals surface area contributed by atoms with Crippen LogP contribution in [0.4, 0.5) is 0 Å². The maximum atomic E-state index is 12.4. The molecule has 1 aliphatic carbocycles. The number of carbonyl (C=O) groups excluding carboxylic acids is 1. The Morgan fingerprint density at radius 3 is 2.54 bits per heavy atom. The van der Waals surface area contributed by atoms with Gasteiger partial charge < -0.3 is 14.4 Å². The molecule has 5 heteroatoms. The fourth-order valence-electron chi connectivity index (χ4n) is 3.62. The zero-order valence-electron chi connectivity index (χ0n) is 15.8. The molecule has 0 spiro atoms. The van der Waals surface area contributed by atoms with Gasteiger partial charge in [-0.15, -0.1) is 0 Å². The summed E-state index contributed by atoms with van der Waals surface area (Å²) in [5, 5.41) is 0. The van der Waals surface area contributed by atoms with Gasteiger partial charge in [0.05, 0.1) is 7.11 Å². The Hall–Kier alpha value is -2.01. The zero-order valence-corrected chi connectivity index (χ0v) is 15.8. The zero-order chi connectivity index (χ0) is 18.2. The van der Waals surface area contributed by atoms with Gasteiger partial charge in [0, 0.05) is 32.7 Å². The standard InChI is InChI=1S/C21H30N2O3/c1-25-19-9-5-6-10-20(19)26-17-21(24)23-15-13-22(14-16-23)12-11-18-7-3-2-4-8-18/h5-7,9-10H,2-4,8,11-17H2,1H3. The van der Waals surface area contributed by atoms with E-state index in [1.54, 1.807) is 12.7 Å². The number of rotatable bonds is 7. The molecule has 0 bridgehead atoms. The van der Waals surface area contributed by atoms with Crippen molar-refractivity contribution in [2.75, 3.05) is 46.4 Å². The van der Waals surface area contributed by atoms with Crippen molar-refractivity contribution < 1.29 is 14.3 Å². The number of ether oxygens (including phenoxy) is 2. The lowest BCUT2D eigenvalue weighted by molar-refractivity contribution is -0.135. The highest BCUT2D eigenvalue weighted by atomic mass is 16.5. The molecule has 1 aromatic rings. The van der Waals surface area contributed by atoms with Gasteiger partial charge >= 0.3 is 0 Å². The molecule has 142 valence electrons. The molecular weight excluding hydrogens is 328 g/mol. The van der Waals surface area contributed by atoms with E-state index in [4.69, 9.17) is 9.47 Å². The van der Waals surface area contributed by atoms with Crippen molar-refractivity contribution in [1.82, 2.24) is 9.80 Å². The van der Waals surface area contributed by atoms with E-state index in [1.165, 1.54) is 32.1 Å². The van der Waals surface area contributed by atoms with E-state index in [2.05, 4.69) is 11.0 Å². The second-order valence-corrected chi connectivity index (χ2v) is 7.02. The topological polar surface area (TPSA) is 42.0 Å². The lowest BCUT2D eigenvalue weighted by atomic mass is 9.97. The molecule has 1 saturated heterocycles. The number of hydrogen-bond donors (Lipinski definition) is 0. The number of amides is 1. The van der Waals surface area contributed by atoms with Crippen LogP contribution in [0.1, 0.15) is 32.1 Å². The normalized spacial score (nSPS) is 18.3. The maximum Gasteiger partial charge on any atom is 0.260 e. The minimum Gasteiger partial charge on any atom is -0.493 e. The fraction of sp³-hybridized carbons (Fsp3) is 0.571. The Morgan fingerprint density at radius 1 is 1.08 bits per heavy atom. The van der Waals surface area contributed by atoms with Gasteiger partial charge in [-0.05, 0) is 44.2 Å². The average Bonchev–Trinajstić information content (AvgIpc) is 2.72. The minimum atomic E-state index is 0.0468. The Morgan fingerprint density at radius 2 is 1.85 bits per heavy atom. The van der Waals surface area contributed by atoms with Crippen LogP contribution in [0, 0.1) is 0 Å². The van der Waals surface area contributed by atoms with Crippen LogP contribution in [0.5, 0.6) is 11.5 Å². The van der Waals surface area contributed by atoms with Gasteiger partial charge in [0.25, 0.3) is 5.91 Å². The molecule has 5 nitrogen and oxygen atoms in total. The Bertz CT molecular complexity index is 621. The van der Waals surface area contributed by atoms with Gasteiger partial charge in [0.1, 0.15) is 0 Å². The third-order valence-corrected chi connectivity index (χ3v) is 5.28. The predicted octanol–water partition coefficient (Wildman–Crippen LogP) is 3.11. The number of piperazine rings is 1. The lowest BCUT2D eigenvalue weighted by Gasteiger charge is -2.35. The molecule has 0 unspecified atom stereocenters. The van der Waals surface area contributed by atoms with Gasteiger partial charge in [0.15, 0.2) is 18.1 Å². The predicted molar refractivity (Wildman–Crippen MR) is 103 cm³/mol. The van der Waals surface area contributed by atoms with Crippen molar-refractivity contribution in [2.24, 2.45) is 0 Å². The van der Waals surface area contributed by atoms with Crippen molar-refractivity contribution >= 4 is 5.91 Å². The molecule has 0 atom stereocenters. The molecule has 26 heavy (non-hydrogen) atoms. The third kappa shape index (κ3) is 5.24. The SMILES string of the molecule is COc1ccccc1OCC(=O)N1CCN(CCC2=CCCCC2)CC1. The van der Waals surface area contributed by atoms with Crippen molar-refractivity contribution in [3.8, 4) is 11.5 Å². The third-order valence-electron chi connectivity index (χ3n) is 5.28. The molecule has 1 aliphatic heterocycles. The Balaban J connectivity index is 1.38. The number of benzene rings is 1. The average molecular weight is 358 g/mol. The van der Waals surface area contributed by atoms with Gasteiger partial charge in [-0.2, -0.15) is 0 Å². The monoisotopic (exact) mass is 358 g/mol. The molecule has 1 amide bonds. The largest absolute Gasteiger partial charge is 0.493 e. The summed E-state index contributed by atoms with van der Waals surface area (Å²) in [6.45, 7) is 4.65. The summed E-state index contributed by atoms with van der Waals surface area (Å²) in [5.41, 5.74) is 1.62. The van der Waals surface area contributed by atoms with Crippen LogP contribution in [0.25, 0.3) is 0 Å². The van der Waals surface area contributed by atoms with Crippen molar-refractivity contribution in [3.05, 3.63) is 35.9 Å². The van der Waals surface area contributed by atoms with Crippen LogP contribution in [0.15, 0.2) is 35.9 Å². The van der Waals surface area contributed by atoms with Gasteiger partial charge in [-0.1, -0.05) is 23.8 Å². The summed E-state index contributed by atoms with van der Waals surface area (Å²) in [5.74, 6) is 1.32. The molecular formula is C21H30N2O3. The fourth-order valence-corrected chi connectivity index (χ4v) is 3.62. The molecule has 3 rings (SSSR count). The summed E-state index contributed by atoms with van der Waals surface area (Å²) in [6.07, 6.45) is 8.84. The van der Waals surface area contributed by atoms with Crippen LogP contribution in [-0.2, 0) is 4.79 Å².